The average molecular weight is 633 g/mol. The topological polar surface area (TPSA) is 60.0 Å². The van der Waals surface area contributed by atoms with Crippen molar-refractivity contribution >= 4 is 51.5 Å². The van der Waals surface area contributed by atoms with Crippen molar-refractivity contribution in [2.45, 2.75) is 18.8 Å². The van der Waals surface area contributed by atoms with Crippen molar-refractivity contribution in [1.82, 2.24) is 0 Å². The van der Waals surface area contributed by atoms with Gasteiger partial charge in [0, 0.05) is 33.0 Å². The summed E-state index contributed by atoms with van der Waals surface area (Å²) in [6.07, 6.45) is -4.46. The number of benzene rings is 3. The molecule has 0 fully saturated rings. The van der Waals surface area contributed by atoms with Gasteiger partial charge in [-0.3, -0.25) is 4.79 Å². The first-order valence-electron chi connectivity index (χ1n) is 10.7. The maximum absolute atomic E-state index is 13.9. The second-order valence-corrected chi connectivity index (χ2v) is 9.61. The number of alkyl halides is 3. The van der Waals surface area contributed by atoms with Crippen molar-refractivity contribution < 1.29 is 32.2 Å². The summed E-state index contributed by atoms with van der Waals surface area (Å²) in [7, 11) is 2.81. The van der Waals surface area contributed by atoms with E-state index in [1.165, 1.54) is 24.1 Å². The Morgan fingerprint density at radius 1 is 1.06 bits per heavy atom. The number of carbonyl (C=O) groups excluding carboxylic acids is 1. The molecule has 1 amide bonds. The van der Waals surface area contributed by atoms with E-state index in [0.29, 0.717) is 39.7 Å². The van der Waals surface area contributed by atoms with E-state index in [-0.39, 0.29) is 18.2 Å². The highest BCUT2D eigenvalue weighted by Gasteiger charge is 2.36. The molecule has 0 spiro atoms. The van der Waals surface area contributed by atoms with E-state index in [1.807, 2.05) is 12.1 Å². The molecule has 4 rings (SSSR count). The van der Waals surface area contributed by atoms with E-state index in [1.54, 1.807) is 37.4 Å². The van der Waals surface area contributed by atoms with Gasteiger partial charge in [0.05, 0.1) is 19.9 Å². The maximum Gasteiger partial charge on any atom is 0.573 e. The first-order valence-corrected chi connectivity index (χ1v) is 12.2. The number of hydrogen-bond acceptors (Lipinski definition) is 5. The van der Waals surface area contributed by atoms with Crippen LogP contribution in [0.25, 0.3) is 0 Å². The molecule has 1 aliphatic heterocycles. The number of halogens is 5. The van der Waals surface area contributed by atoms with E-state index < -0.39 is 18.2 Å². The third-order valence-corrected chi connectivity index (χ3v) is 6.50. The summed E-state index contributed by atoms with van der Waals surface area (Å²) in [4.78, 5) is 15.3. The van der Waals surface area contributed by atoms with E-state index >= 15 is 0 Å². The molecular weight excluding hydrogens is 612 g/mol. The number of hydrogen-bond donors (Lipinski definition) is 1. The van der Waals surface area contributed by atoms with Crippen LogP contribution in [0.5, 0.6) is 17.2 Å². The number of methoxy groups -OCH3 is 2. The number of amides is 1. The Balaban J connectivity index is 1.73. The molecule has 3 aromatic rings. The van der Waals surface area contributed by atoms with Gasteiger partial charge in [0.1, 0.15) is 11.8 Å². The number of ether oxygens (including phenoxy) is 3. The van der Waals surface area contributed by atoms with Gasteiger partial charge in [0.25, 0.3) is 5.91 Å². The van der Waals surface area contributed by atoms with Crippen molar-refractivity contribution in [1.29, 1.82) is 0 Å². The Labute approximate surface area is 224 Å². The van der Waals surface area contributed by atoms with Gasteiger partial charge >= 0.3 is 6.36 Å². The predicted octanol–water partition coefficient (Wildman–Crippen LogP) is 6.60. The highest BCUT2D eigenvalue weighted by atomic mass is 127. The zero-order chi connectivity index (χ0) is 26.0. The molecule has 1 aliphatic rings. The number of anilines is 2. The number of nitrogens with one attached hydrogen (secondary N) is 1. The Bertz CT molecular complexity index is 1270. The lowest BCUT2D eigenvalue weighted by Gasteiger charge is -2.27. The molecule has 3 aromatic carbocycles. The summed E-state index contributed by atoms with van der Waals surface area (Å²) in [5.41, 5.74) is 2.29. The molecule has 36 heavy (non-hydrogen) atoms. The van der Waals surface area contributed by atoms with Crippen molar-refractivity contribution in [3.63, 3.8) is 0 Å². The lowest BCUT2D eigenvalue weighted by atomic mass is 10.0. The maximum atomic E-state index is 13.9. The van der Waals surface area contributed by atoms with E-state index in [4.69, 9.17) is 21.1 Å². The Hall–Kier alpha value is -2.86. The Morgan fingerprint density at radius 2 is 1.78 bits per heavy atom. The molecule has 11 heteroatoms. The van der Waals surface area contributed by atoms with Gasteiger partial charge in [-0.1, -0.05) is 23.7 Å². The monoisotopic (exact) mass is 632 g/mol. The van der Waals surface area contributed by atoms with Gasteiger partial charge in [-0.15, -0.1) is 13.2 Å². The van der Waals surface area contributed by atoms with E-state index in [2.05, 4.69) is 32.6 Å². The molecular formula is C25H21ClF3IN2O4. The largest absolute Gasteiger partial charge is 0.573 e. The molecule has 0 saturated carbocycles. The quantitative estimate of drug-likeness (QED) is 0.298. The van der Waals surface area contributed by atoms with Gasteiger partial charge in [-0.05, 0) is 70.5 Å². The zero-order valence-electron chi connectivity index (χ0n) is 19.2. The van der Waals surface area contributed by atoms with Crippen LogP contribution in [0, 0.1) is 3.57 Å². The smallest absolute Gasteiger partial charge is 0.497 e. The molecule has 190 valence electrons. The van der Waals surface area contributed by atoms with Crippen LogP contribution in [-0.2, 0) is 11.2 Å². The van der Waals surface area contributed by atoms with Crippen LogP contribution in [-0.4, -0.2) is 33.0 Å². The molecule has 0 saturated heterocycles. The van der Waals surface area contributed by atoms with Crippen molar-refractivity contribution in [2.24, 2.45) is 0 Å². The predicted molar refractivity (Wildman–Crippen MR) is 139 cm³/mol. The molecule has 1 atom stereocenters. The van der Waals surface area contributed by atoms with Crippen LogP contribution in [0.1, 0.15) is 17.2 Å². The summed E-state index contributed by atoms with van der Waals surface area (Å²) in [6, 6.07) is 14.1. The molecule has 1 N–H and O–H groups in total. The van der Waals surface area contributed by atoms with Crippen LogP contribution >= 0.6 is 34.2 Å². The summed E-state index contributed by atoms with van der Waals surface area (Å²) >= 11 is 8.20. The number of rotatable bonds is 7. The van der Waals surface area contributed by atoms with E-state index in [0.717, 1.165) is 3.57 Å². The second-order valence-electron chi connectivity index (χ2n) is 7.93. The fourth-order valence-corrected chi connectivity index (χ4v) is 4.79. The van der Waals surface area contributed by atoms with Crippen molar-refractivity contribution in [3.8, 4) is 17.2 Å². The number of nitrogens with zero attached hydrogens (tertiary/aromatic N) is 1. The standard InChI is InChI=1S/C25H21ClF3IN2O4/c1-34-19-11-17(30)10-18(12-19)31-23(14-3-5-16(26)6-4-14)24(33)32-8-7-15-9-21(35-2)22(13-20(15)32)36-25(27,28)29/h3-6,9-13,23,31H,7-8H2,1-2H3. The summed E-state index contributed by atoms with van der Waals surface area (Å²) < 4.78 is 54.5. The SMILES string of the molecule is COc1cc(I)cc(NC(C(=O)N2CCc3cc(OC)c(OC(F)(F)F)cc32)c2ccc(Cl)cc2)c1. The molecule has 0 bridgehead atoms. The molecule has 0 radical (unpaired) electrons. The minimum Gasteiger partial charge on any atom is -0.497 e. The molecule has 1 heterocycles. The van der Waals surface area contributed by atoms with Crippen LogP contribution in [0.3, 0.4) is 0 Å². The molecule has 1 unspecified atom stereocenters. The average Bonchev–Trinajstić information content (AvgIpc) is 3.23. The van der Waals surface area contributed by atoms with Crippen LogP contribution in [0.2, 0.25) is 5.02 Å². The molecule has 0 aliphatic carbocycles. The second kappa shape index (κ2) is 10.6. The minimum absolute atomic E-state index is 0.0568. The summed E-state index contributed by atoms with van der Waals surface area (Å²) in [6.45, 7) is 0.286. The Kier molecular flexibility index (Phi) is 7.74. The van der Waals surface area contributed by atoms with Gasteiger partial charge in [0.15, 0.2) is 11.5 Å². The normalized spacial score (nSPS) is 13.7. The number of fused-ring (bicyclic) bond motifs is 1. The lowest BCUT2D eigenvalue weighted by Crippen LogP contribution is -2.37. The number of carbonyl (C=O) groups is 1. The van der Waals surface area contributed by atoms with E-state index in [9.17, 15) is 18.0 Å². The summed E-state index contributed by atoms with van der Waals surface area (Å²) in [5, 5.41) is 3.77. The van der Waals surface area contributed by atoms with Gasteiger partial charge < -0.3 is 24.4 Å². The van der Waals surface area contributed by atoms with Gasteiger partial charge in [-0.2, -0.15) is 0 Å². The summed E-state index contributed by atoms with van der Waals surface area (Å²) in [5.74, 6) is -0.309. The van der Waals surface area contributed by atoms with Crippen LogP contribution < -0.4 is 24.4 Å². The van der Waals surface area contributed by atoms with Crippen LogP contribution in [0.4, 0.5) is 24.5 Å². The molecule has 6 nitrogen and oxygen atoms in total. The van der Waals surface area contributed by atoms with Crippen molar-refractivity contribution in [2.75, 3.05) is 31.0 Å². The highest BCUT2D eigenvalue weighted by Crippen LogP contribution is 2.42. The Morgan fingerprint density at radius 3 is 2.42 bits per heavy atom. The minimum atomic E-state index is -4.91. The zero-order valence-corrected chi connectivity index (χ0v) is 22.1. The lowest BCUT2D eigenvalue weighted by molar-refractivity contribution is -0.275. The third kappa shape index (κ3) is 5.92. The van der Waals surface area contributed by atoms with Crippen molar-refractivity contribution in [3.05, 3.63) is 74.3 Å². The first-order chi connectivity index (χ1) is 17.1. The molecule has 0 aromatic heterocycles. The highest BCUT2D eigenvalue weighted by molar-refractivity contribution is 14.1. The van der Waals surface area contributed by atoms with Crippen LogP contribution in [0.15, 0.2) is 54.6 Å². The first kappa shape index (κ1) is 26.2. The third-order valence-electron chi connectivity index (χ3n) is 5.62. The fraction of sp³-hybridized carbons (Fsp3) is 0.240. The van der Waals surface area contributed by atoms with Gasteiger partial charge in [0.2, 0.25) is 0 Å². The van der Waals surface area contributed by atoms with Gasteiger partial charge in [-0.25, -0.2) is 0 Å². The fourth-order valence-electron chi connectivity index (χ4n) is 4.02.